The summed E-state index contributed by atoms with van der Waals surface area (Å²) < 4.78 is 25.1. The Morgan fingerprint density at radius 2 is 1.95 bits per heavy atom. The standard InChI is InChI=1S/C17H19F2NS/c1-11-6-7-15(21(5)10-17(18)19)9-16(11)20-13(3)8-12(2)14(20)4/h6-7,9,17H,2-5,8,10H2,1H3. The number of anilines is 1. The topological polar surface area (TPSA) is 3.24 Å². The van der Waals surface area contributed by atoms with Gasteiger partial charge >= 0.3 is 0 Å². The van der Waals surface area contributed by atoms with Crippen molar-refractivity contribution in [2.45, 2.75) is 24.7 Å². The largest absolute Gasteiger partial charge is 0.315 e. The van der Waals surface area contributed by atoms with E-state index in [0.29, 0.717) is 6.42 Å². The Kier molecular flexibility index (Phi) is 4.47. The average molecular weight is 307 g/mol. The van der Waals surface area contributed by atoms with Crippen molar-refractivity contribution in [2.75, 3.05) is 10.7 Å². The van der Waals surface area contributed by atoms with Crippen molar-refractivity contribution in [3.05, 3.63) is 60.5 Å². The highest BCUT2D eigenvalue weighted by Crippen LogP contribution is 2.40. The van der Waals surface area contributed by atoms with Crippen LogP contribution in [0.15, 0.2) is 59.8 Å². The van der Waals surface area contributed by atoms with Gasteiger partial charge in [-0.05, 0) is 30.2 Å². The third kappa shape index (κ3) is 3.16. The quantitative estimate of drug-likeness (QED) is 0.698. The molecule has 112 valence electrons. The van der Waals surface area contributed by atoms with Crippen LogP contribution in [0.4, 0.5) is 14.5 Å². The highest BCUT2D eigenvalue weighted by Gasteiger charge is 2.25. The van der Waals surface area contributed by atoms with E-state index in [-0.39, 0.29) is 5.75 Å². The van der Waals surface area contributed by atoms with Gasteiger partial charge in [-0.1, -0.05) is 31.7 Å². The summed E-state index contributed by atoms with van der Waals surface area (Å²) in [5.74, 6) is 3.65. The number of benzene rings is 1. The molecule has 0 N–H and O–H groups in total. The minimum absolute atomic E-state index is 0.211. The van der Waals surface area contributed by atoms with Gasteiger partial charge in [0.05, 0.1) is 5.75 Å². The van der Waals surface area contributed by atoms with Crippen molar-refractivity contribution in [2.24, 2.45) is 0 Å². The first-order chi connectivity index (χ1) is 9.81. The van der Waals surface area contributed by atoms with Crippen molar-refractivity contribution in [3.63, 3.8) is 0 Å². The monoisotopic (exact) mass is 307 g/mol. The van der Waals surface area contributed by atoms with Crippen molar-refractivity contribution < 1.29 is 8.78 Å². The zero-order valence-corrected chi connectivity index (χ0v) is 13.0. The summed E-state index contributed by atoms with van der Waals surface area (Å²) in [4.78, 5) is 2.79. The highest BCUT2D eigenvalue weighted by atomic mass is 32.2. The third-order valence-corrected chi connectivity index (χ3v) is 5.07. The molecular formula is C17H19F2NS. The van der Waals surface area contributed by atoms with Crippen LogP contribution >= 0.6 is 10.5 Å². The minimum atomic E-state index is -2.34. The van der Waals surface area contributed by atoms with Gasteiger partial charge in [0.2, 0.25) is 6.43 Å². The fraction of sp³-hybridized carbons (Fsp3) is 0.235. The predicted octanol–water partition coefficient (Wildman–Crippen LogP) is 5.11. The van der Waals surface area contributed by atoms with Crippen LogP contribution in [0.2, 0.25) is 0 Å². The fourth-order valence-electron chi connectivity index (χ4n) is 2.35. The molecule has 1 heterocycles. The van der Waals surface area contributed by atoms with E-state index in [1.54, 1.807) is 0 Å². The van der Waals surface area contributed by atoms with E-state index in [4.69, 9.17) is 0 Å². The number of hydrogen-bond acceptors (Lipinski definition) is 1. The second kappa shape index (κ2) is 5.98. The molecule has 0 amide bonds. The molecule has 1 nitrogen and oxygen atoms in total. The lowest BCUT2D eigenvalue weighted by Gasteiger charge is -2.24. The van der Waals surface area contributed by atoms with Gasteiger partial charge in [-0.2, -0.15) is 10.5 Å². The van der Waals surface area contributed by atoms with Crippen molar-refractivity contribution in [1.29, 1.82) is 0 Å². The molecular weight excluding hydrogens is 288 g/mol. The van der Waals surface area contributed by atoms with Crippen LogP contribution in [0.1, 0.15) is 12.0 Å². The lowest BCUT2D eigenvalue weighted by molar-refractivity contribution is 0.176. The van der Waals surface area contributed by atoms with Crippen LogP contribution in [0.5, 0.6) is 0 Å². The zero-order valence-electron chi connectivity index (χ0n) is 12.2. The first-order valence-corrected chi connectivity index (χ1v) is 8.12. The van der Waals surface area contributed by atoms with Crippen molar-refractivity contribution in [3.8, 4) is 0 Å². The van der Waals surface area contributed by atoms with Gasteiger partial charge in [-0.15, -0.1) is 0 Å². The molecule has 0 radical (unpaired) electrons. The van der Waals surface area contributed by atoms with E-state index in [0.717, 1.165) is 33.1 Å². The number of nitrogens with zero attached hydrogens (tertiary/aromatic N) is 1. The molecule has 1 atom stereocenters. The minimum Gasteiger partial charge on any atom is -0.315 e. The van der Waals surface area contributed by atoms with Gasteiger partial charge in [-0.25, -0.2) is 8.78 Å². The summed E-state index contributed by atoms with van der Waals surface area (Å²) in [6.07, 6.45) is -1.65. The molecule has 4 heteroatoms. The van der Waals surface area contributed by atoms with Crippen LogP contribution < -0.4 is 4.90 Å². The molecule has 1 aromatic rings. The Morgan fingerprint density at radius 1 is 1.29 bits per heavy atom. The summed E-state index contributed by atoms with van der Waals surface area (Å²) in [7, 11) is -0.722. The van der Waals surface area contributed by atoms with E-state index in [1.807, 2.05) is 30.0 Å². The maximum Gasteiger partial charge on any atom is 0.247 e. The maximum atomic E-state index is 12.5. The Bertz CT molecular complexity index is 646. The Labute approximate surface area is 127 Å². The van der Waals surface area contributed by atoms with E-state index in [9.17, 15) is 8.78 Å². The molecule has 0 spiro atoms. The second-order valence-corrected chi connectivity index (χ2v) is 6.92. The molecule has 21 heavy (non-hydrogen) atoms. The van der Waals surface area contributed by atoms with Gasteiger partial charge in [-0.3, -0.25) is 0 Å². The maximum absolute atomic E-state index is 12.5. The number of rotatable bonds is 4. The summed E-state index contributed by atoms with van der Waals surface area (Å²) in [5, 5.41) is 0. The lowest BCUT2D eigenvalue weighted by Crippen LogP contribution is -2.14. The summed E-state index contributed by atoms with van der Waals surface area (Å²) in [5.41, 5.74) is 4.63. The second-order valence-electron chi connectivity index (χ2n) is 5.13. The molecule has 1 aliphatic rings. The van der Waals surface area contributed by atoms with Crippen LogP contribution in [0, 0.1) is 6.92 Å². The van der Waals surface area contributed by atoms with Gasteiger partial charge in [0.15, 0.2) is 0 Å². The van der Waals surface area contributed by atoms with Gasteiger partial charge in [0.25, 0.3) is 0 Å². The molecule has 0 aliphatic carbocycles. The van der Waals surface area contributed by atoms with Crippen LogP contribution in [-0.4, -0.2) is 18.0 Å². The van der Waals surface area contributed by atoms with E-state index >= 15 is 0 Å². The van der Waals surface area contributed by atoms with E-state index < -0.39 is 16.9 Å². The Hall–Kier alpha value is -1.68. The van der Waals surface area contributed by atoms with Crippen LogP contribution in [-0.2, 0) is 0 Å². The molecule has 0 aromatic heterocycles. The number of aryl methyl sites for hydroxylation is 1. The molecule has 0 saturated carbocycles. The Morgan fingerprint density at radius 3 is 2.48 bits per heavy atom. The van der Waals surface area contributed by atoms with Crippen LogP contribution in [0.25, 0.3) is 0 Å². The molecule has 1 fully saturated rings. The van der Waals surface area contributed by atoms with Gasteiger partial charge < -0.3 is 4.90 Å². The van der Waals surface area contributed by atoms with Gasteiger partial charge in [0.1, 0.15) is 0 Å². The first kappa shape index (κ1) is 15.7. The third-order valence-electron chi connectivity index (χ3n) is 3.49. The molecule has 0 bridgehead atoms. The number of halogens is 2. The van der Waals surface area contributed by atoms with E-state index in [2.05, 4.69) is 25.6 Å². The molecule has 1 aliphatic heterocycles. The van der Waals surface area contributed by atoms with Crippen molar-refractivity contribution in [1.82, 2.24) is 0 Å². The number of allylic oxidation sites excluding steroid dienone is 2. The zero-order chi connectivity index (χ0) is 15.7. The number of alkyl halides is 2. The summed E-state index contributed by atoms with van der Waals surface area (Å²) >= 11 is 0. The smallest absolute Gasteiger partial charge is 0.247 e. The lowest BCUT2D eigenvalue weighted by atomic mass is 10.1. The summed E-state index contributed by atoms with van der Waals surface area (Å²) in [6, 6.07) is 5.72. The normalized spacial score (nSPS) is 17.0. The van der Waals surface area contributed by atoms with Gasteiger partial charge in [0, 0.05) is 28.4 Å². The highest BCUT2D eigenvalue weighted by molar-refractivity contribution is 8.14. The van der Waals surface area contributed by atoms with Crippen LogP contribution in [0.3, 0.4) is 0 Å². The molecule has 1 unspecified atom stereocenters. The predicted molar refractivity (Wildman–Crippen MR) is 89.5 cm³/mol. The SMILES string of the molecule is C=C1CC(=C)N(c2cc(S(=C)CC(F)F)ccc2C)C1=C. The van der Waals surface area contributed by atoms with Crippen molar-refractivity contribution >= 4 is 22.0 Å². The van der Waals surface area contributed by atoms with E-state index in [1.165, 1.54) is 0 Å². The fourth-order valence-corrected chi connectivity index (χ4v) is 3.39. The average Bonchev–Trinajstić information content (AvgIpc) is 2.63. The summed E-state index contributed by atoms with van der Waals surface area (Å²) in [6.45, 7) is 14.0. The molecule has 1 aromatic carbocycles. The first-order valence-electron chi connectivity index (χ1n) is 6.55. The molecule has 2 rings (SSSR count). The Balaban J connectivity index is 2.40. The molecule has 1 saturated heterocycles. The number of hydrogen-bond donors (Lipinski definition) is 0.